The molecule has 1 saturated heterocycles. The van der Waals surface area contributed by atoms with Crippen molar-refractivity contribution < 1.29 is 9.59 Å². The number of nitrogens with zero attached hydrogens (tertiary/aromatic N) is 5. The quantitative estimate of drug-likeness (QED) is 0.802. The SMILES string of the molecule is Cc1nc(-c2cccnc2)nc(N2CCN(C(=O)C(=O)NC3CC3)CC2)c1C. The van der Waals surface area contributed by atoms with E-state index in [9.17, 15) is 9.59 Å². The lowest BCUT2D eigenvalue weighted by Gasteiger charge is -2.36. The average Bonchev–Trinajstić information content (AvgIpc) is 3.54. The molecule has 2 aliphatic rings. The summed E-state index contributed by atoms with van der Waals surface area (Å²) in [5.41, 5.74) is 2.82. The minimum absolute atomic E-state index is 0.190. The van der Waals surface area contributed by atoms with Gasteiger partial charge < -0.3 is 15.1 Å². The molecular weight excluding hydrogens is 356 g/mol. The lowest BCUT2D eigenvalue weighted by Crippen LogP contribution is -2.53. The minimum atomic E-state index is -0.483. The van der Waals surface area contributed by atoms with Gasteiger partial charge in [0.1, 0.15) is 5.82 Å². The zero-order chi connectivity index (χ0) is 19.7. The molecule has 0 aromatic carbocycles. The Kier molecular flexibility index (Phi) is 4.93. The summed E-state index contributed by atoms with van der Waals surface area (Å²) < 4.78 is 0. The summed E-state index contributed by atoms with van der Waals surface area (Å²) in [5.74, 6) is 0.608. The molecule has 4 rings (SSSR count). The number of hydrogen-bond acceptors (Lipinski definition) is 6. The van der Waals surface area contributed by atoms with E-state index in [0.29, 0.717) is 32.0 Å². The van der Waals surface area contributed by atoms with Crippen molar-refractivity contribution in [1.29, 1.82) is 0 Å². The van der Waals surface area contributed by atoms with E-state index in [1.165, 1.54) is 0 Å². The fourth-order valence-electron chi connectivity index (χ4n) is 3.29. The highest BCUT2D eigenvalue weighted by molar-refractivity contribution is 6.35. The highest BCUT2D eigenvalue weighted by Gasteiger charge is 2.31. The number of aryl methyl sites for hydroxylation is 1. The Balaban J connectivity index is 1.47. The van der Waals surface area contributed by atoms with Crippen molar-refractivity contribution in [3.8, 4) is 11.4 Å². The van der Waals surface area contributed by atoms with E-state index in [0.717, 1.165) is 35.5 Å². The second-order valence-corrected chi connectivity index (χ2v) is 7.35. The maximum Gasteiger partial charge on any atom is 0.312 e. The predicted molar refractivity (Wildman–Crippen MR) is 105 cm³/mol. The van der Waals surface area contributed by atoms with Crippen LogP contribution < -0.4 is 10.2 Å². The first kappa shape index (κ1) is 18.3. The van der Waals surface area contributed by atoms with Crippen LogP contribution in [-0.2, 0) is 9.59 Å². The summed E-state index contributed by atoms with van der Waals surface area (Å²) in [4.78, 5) is 41.6. The van der Waals surface area contributed by atoms with E-state index in [2.05, 4.69) is 20.2 Å². The molecule has 2 amide bonds. The summed E-state index contributed by atoms with van der Waals surface area (Å²) in [5, 5.41) is 2.77. The fraction of sp³-hybridized carbons (Fsp3) is 0.450. The third-order valence-electron chi connectivity index (χ3n) is 5.26. The molecule has 0 atom stereocenters. The molecule has 28 heavy (non-hydrogen) atoms. The van der Waals surface area contributed by atoms with Crippen LogP contribution in [0.3, 0.4) is 0 Å². The predicted octanol–water partition coefficient (Wildman–Crippen LogP) is 1.08. The number of carbonyl (C=O) groups excluding carboxylic acids is 2. The van der Waals surface area contributed by atoms with Crippen LogP contribution in [0.25, 0.3) is 11.4 Å². The van der Waals surface area contributed by atoms with Crippen LogP contribution in [-0.4, -0.2) is 63.9 Å². The van der Waals surface area contributed by atoms with Crippen molar-refractivity contribution in [3.05, 3.63) is 35.8 Å². The smallest absolute Gasteiger partial charge is 0.312 e. The van der Waals surface area contributed by atoms with Gasteiger partial charge in [0.05, 0.1) is 0 Å². The summed E-state index contributed by atoms with van der Waals surface area (Å²) in [6.45, 7) is 6.25. The largest absolute Gasteiger partial charge is 0.353 e. The monoisotopic (exact) mass is 380 g/mol. The normalized spacial score (nSPS) is 16.8. The summed E-state index contributed by atoms with van der Waals surface area (Å²) in [6, 6.07) is 4.00. The van der Waals surface area contributed by atoms with Crippen LogP contribution in [0.5, 0.6) is 0 Å². The first-order valence-corrected chi connectivity index (χ1v) is 9.63. The number of amides is 2. The Morgan fingerprint density at radius 2 is 1.86 bits per heavy atom. The van der Waals surface area contributed by atoms with Crippen LogP contribution in [0.4, 0.5) is 5.82 Å². The standard InChI is InChI=1S/C20H24N6O2/c1-13-14(2)22-17(15-4-3-7-21-12-15)24-18(13)25-8-10-26(11-9-25)20(28)19(27)23-16-5-6-16/h3-4,7,12,16H,5-6,8-11H2,1-2H3,(H,23,27). The number of anilines is 1. The molecule has 0 radical (unpaired) electrons. The fourth-order valence-corrected chi connectivity index (χ4v) is 3.29. The highest BCUT2D eigenvalue weighted by Crippen LogP contribution is 2.25. The minimum Gasteiger partial charge on any atom is -0.353 e. The van der Waals surface area contributed by atoms with Crippen LogP contribution in [0.1, 0.15) is 24.1 Å². The van der Waals surface area contributed by atoms with Crippen LogP contribution in [0.2, 0.25) is 0 Å². The third-order valence-corrected chi connectivity index (χ3v) is 5.26. The zero-order valence-corrected chi connectivity index (χ0v) is 16.2. The van der Waals surface area contributed by atoms with Gasteiger partial charge in [0, 0.05) is 61.4 Å². The highest BCUT2D eigenvalue weighted by atomic mass is 16.2. The van der Waals surface area contributed by atoms with Crippen molar-refractivity contribution in [1.82, 2.24) is 25.2 Å². The molecule has 146 valence electrons. The molecule has 1 aliphatic heterocycles. The number of nitrogens with one attached hydrogen (secondary N) is 1. The number of hydrogen-bond donors (Lipinski definition) is 1. The molecule has 2 fully saturated rings. The van der Waals surface area contributed by atoms with E-state index in [4.69, 9.17) is 4.98 Å². The maximum absolute atomic E-state index is 12.3. The lowest BCUT2D eigenvalue weighted by molar-refractivity contribution is -0.146. The van der Waals surface area contributed by atoms with Gasteiger partial charge in [-0.25, -0.2) is 9.97 Å². The molecule has 1 aliphatic carbocycles. The van der Waals surface area contributed by atoms with Crippen LogP contribution in [0, 0.1) is 13.8 Å². The number of carbonyl (C=O) groups is 2. The summed E-state index contributed by atoms with van der Waals surface area (Å²) >= 11 is 0. The van der Waals surface area contributed by atoms with Gasteiger partial charge in [0.25, 0.3) is 0 Å². The van der Waals surface area contributed by atoms with Gasteiger partial charge in [0.15, 0.2) is 5.82 Å². The third kappa shape index (κ3) is 3.81. The molecule has 8 heteroatoms. The van der Waals surface area contributed by atoms with Gasteiger partial charge in [-0.05, 0) is 38.8 Å². The molecule has 0 spiro atoms. The van der Waals surface area contributed by atoms with Gasteiger partial charge in [0.2, 0.25) is 0 Å². The van der Waals surface area contributed by atoms with Crippen LogP contribution >= 0.6 is 0 Å². The van der Waals surface area contributed by atoms with E-state index < -0.39 is 11.8 Å². The van der Waals surface area contributed by atoms with E-state index in [1.54, 1.807) is 17.3 Å². The molecule has 1 saturated carbocycles. The van der Waals surface area contributed by atoms with Crippen molar-refractivity contribution >= 4 is 17.6 Å². The number of aromatic nitrogens is 3. The second kappa shape index (κ2) is 7.53. The number of rotatable bonds is 3. The van der Waals surface area contributed by atoms with E-state index >= 15 is 0 Å². The molecular formula is C20H24N6O2. The summed E-state index contributed by atoms with van der Waals surface area (Å²) in [7, 11) is 0. The van der Waals surface area contributed by atoms with Crippen molar-refractivity contribution in [2.45, 2.75) is 32.7 Å². The molecule has 1 N–H and O–H groups in total. The Hall–Kier alpha value is -3.03. The molecule has 0 bridgehead atoms. The van der Waals surface area contributed by atoms with Gasteiger partial charge in [-0.3, -0.25) is 14.6 Å². The number of pyridine rings is 1. The second-order valence-electron chi connectivity index (χ2n) is 7.35. The van der Waals surface area contributed by atoms with Gasteiger partial charge in [-0.1, -0.05) is 0 Å². The Bertz CT molecular complexity index is 889. The van der Waals surface area contributed by atoms with Gasteiger partial charge in [-0.2, -0.15) is 0 Å². The summed E-state index contributed by atoms with van der Waals surface area (Å²) in [6.07, 6.45) is 5.42. The van der Waals surface area contributed by atoms with E-state index in [-0.39, 0.29) is 6.04 Å². The molecule has 8 nitrogen and oxygen atoms in total. The Morgan fingerprint density at radius 3 is 2.50 bits per heavy atom. The van der Waals surface area contributed by atoms with Gasteiger partial charge >= 0.3 is 11.8 Å². The van der Waals surface area contributed by atoms with Crippen molar-refractivity contribution in [3.63, 3.8) is 0 Å². The zero-order valence-electron chi connectivity index (χ0n) is 16.2. The Labute approximate surface area is 164 Å². The topological polar surface area (TPSA) is 91.3 Å². The number of piperazine rings is 1. The van der Waals surface area contributed by atoms with Crippen LogP contribution in [0.15, 0.2) is 24.5 Å². The average molecular weight is 380 g/mol. The maximum atomic E-state index is 12.3. The van der Waals surface area contributed by atoms with Crippen molar-refractivity contribution in [2.24, 2.45) is 0 Å². The molecule has 0 unspecified atom stereocenters. The molecule has 3 heterocycles. The lowest BCUT2D eigenvalue weighted by atomic mass is 10.2. The first-order chi connectivity index (χ1) is 13.5. The van der Waals surface area contributed by atoms with Crippen molar-refractivity contribution in [2.75, 3.05) is 31.1 Å². The Morgan fingerprint density at radius 1 is 1.11 bits per heavy atom. The molecule has 2 aromatic rings. The van der Waals surface area contributed by atoms with E-state index in [1.807, 2.05) is 26.0 Å². The molecule has 2 aromatic heterocycles. The first-order valence-electron chi connectivity index (χ1n) is 9.63. The van der Waals surface area contributed by atoms with Gasteiger partial charge in [-0.15, -0.1) is 0 Å².